The van der Waals surface area contributed by atoms with Crippen LogP contribution in [0.5, 0.6) is 11.5 Å². The van der Waals surface area contributed by atoms with Crippen LogP contribution < -0.4 is 14.5 Å². The average molecular weight is 865 g/mol. The van der Waals surface area contributed by atoms with Crippen LogP contribution in [0.1, 0.15) is 99.9 Å². The zero-order valence-corrected chi connectivity index (χ0v) is 41.0. The van der Waals surface area contributed by atoms with Crippen molar-refractivity contribution in [1.82, 2.24) is 0 Å². The van der Waals surface area contributed by atoms with Gasteiger partial charge in [0.05, 0.1) is 0 Å². The molecular formula is C63H64N2O. The van der Waals surface area contributed by atoms with Crippen molar-refractivity contribution in [2.45, 2.75) is 99.3 Å². The highest BCUT2D eigenvalue weighted by atomic mass is 16.5. The third kappa shape index (κ3) is 8.56. The summed E-state index contributed by atoms with van der Waals surface area (Å²) in [5.41, 5.74) is 20.6. The van der Waals surface area contributed by atoms with Crippen LogP contribution in [-0.2, 0) is 16.2 Å². The molecule has 3 nitrogen and oxygen atoms in total. The predicted octanol–water partition coefficient (Wildman–Crippen LogP) is 18.2. The van der Waals surface area contributed by atoms with E-state index in [9.17, 15) is 0 Å². The lowest BCUT2D eigenvalue weighted by Crippen LogP contribution is -2.27. The lowest BCUT2D eigenvalue weighted by atomic mass is 9.70. The van der Waals surface area contributed by atoms with Crippen molar-refractivity contribution in [3.8, 4) is 33.8 Å². The molecule has 8 aromatic carbocycles. The first kappa shape index (κ1) is 44.4. The molecule has 9 rings (SSSR count). The highest BCUT2D eigenvalue weighted by Crippen LogP contribution is 2.56. The Morgan fingerprint density at radius 2 is 0.591 bits per heavy atom. The van der Waals surface area contributed by atoms with E-state index in [1.54, 1.807) is 0 Å². The highest BCUT2D eigenvalue weighted by Gasteiger charge is 2.39. The Balaban J connectivity index is 1.18. The number of anilines is 6. The number of hydrogen-bond donors (Lipinski definition) is 0. The third-order valence-corrected chi connectivity index (χ3v) is 13.5. The lowest BCUT2D eigenvalue weighted by Gasteiger charge is -2.39. The molecule has 1 aliphatic heterocycles. The van der Waals surface area contributed by atoms with Crippen LogP contribution in [0.3, 0.4) is 0 Å². The Labute approximate surface area is 394 Å². The molecule has 0 saturated heterocycles. The SMILES string of the molecule is Cc1ccc(N(c2ccc(C)cc2)c2ccc(-c3cc(C(C)(C)C)cc4c3Oc3c(-c5ccc(N(c6ccc(C)cc6)c6ccc(C)cc6)cc5)cc(C(C)(C)C)cc3C4(C)C)cc2)cc1. The van der Waals surface area contributed by atoms with Gasteiger partial charge in [-0.15, -0.1) is 0 Å². The summed E-state index contributed by atoms with van der Waals surface area (Å²) in [4.78, 5) is 4.68. The van der Waals surface area contributed by atoms with Crippen molar-refractivity contribution in [2.75, 3.05) is 9.80 Å². The first-order valence-electron chi connectivity index (χ1n) is 23.5. The number of fused-ring (bicyclic) bond motifs is 2. The summed E-state index contributed by atoms with van der Waals surface area (Å²) in [5.74, 6) is 1.85. The molecule has 0 radical (unpaired) electrons. The quantitative estimate of drug-likeness (QED) is 0.151. The second-order valence-corrected chi connectivity index (χ2v) is 21.1. The van der Waals surface area contributed by atoms with E-state index >= 15 is 0 Å². The third-order valence-electron chi connectivity index (χ3n) is 13.5. The molecular weight excluding hydrogens is 801 g/mol. The largest absolute Gasteiger partial charge is 0.455 e. The first-order chi connectivity index (χ1) is 31.3. The number of benzene rings is 8. The number of ether oxygens (including phenoxy) is 1. The summed E-state index contributed by atoms with van der Waals surface area (Å²) < 4.78 is 7.48. The van der Waals surface area contributed by atoms with Crippen LogP contribution in [-0.4, -0.2) is 0 Å². The molecule has 0 spiro atoms. The van der Waals surface area contributed by atoms with Gasteiger partial charge in [0, 0.05) is 61.8 Å². The van der Waals surface area contributed by atoms with Crippen molar-refractivity contribution in [3.63, 3.8) is 0 Å². The molecule has 0 amide bonds. The van der Waals surface area contributed by atoms with Gasteiger partial charge in [0.15, 0.2) is 0 Å². The Kier molecular flexibility index (Phi) is 11.3. The molecule has 332 valence electrons. The molecule has 0 atom stereocenters. The molecule has 0 unspecified atom stereocenters. The first-order valence-corrected chi connectivity index (χ1v) is 23.5. The topological polar surface area (TPSA) is 15.7 Å². The molecule has 0 aromatic heterocycles. The molecule has 1 aliphatic rings. The van der Waals surface area contributed by atoms with Crippen LogP contribution in [0.2, 0.25) is 0 Å². The second-order valence-electron chi connectivity index (χ2n) is 21.1. The number of rotatable bonds is 8. The highest BCUT2D eigenvalue weighted by molar-refractivity contribution is 5.85. The van der Waals surface area contributed by atoms with Gasteiger partial charge >= 0.3 is 0 Å². The Hall–Kier alpha value is -6.84. The van der Waals surface area contributed by atoms with Gasteiger partial charge < -0.3 is 14.5 Å². The Morgan fingerprint density at radius 3 is 0.833 bits per heavy atom. The van der Waals surface area contributed by atoms with Crippen LogP contribution in [0, 0.1) is 27.7 Å². The molecule has 8 aromatic rings. The zero-order chi connectivity index (χ0) is 46.7. The maximum absolute atomic E-state index is 7.48. The molecule has 0 aliphatic carbocycles. The van der Waals surface area contributed by atoms with Crippen molar-refractivity contribution in [2.24, 2.45) is 0 Å². The minimum atomic E-state index is -0.365. The van der Waals surface area contributed by atoms with Crippen molar-refractivity contribution < 1.29 is 4.74 Å². The summed E-state index contributed by atoms with van der Waals surface area (Å²) >= 11 is 0. The maximum atomic E-state index is 7.48. The number of hydrogen-bond acceptors (Lipinski definition) is 3. The van der Waals surface area contributed by atoms with E-state index in [2.05, 4.69) is 263 Å². The average Bonchev–Trinajstić information content (AvgIpc) is 3.28. The molecule has 0 fully saturated rings. The van der Waals surface area contributed by atoms with Crippen LogP contribution in [0.25, 0.3) is 22.3 Å². The Morgan fingerprint density at radius 1 is 0.348 bits per heavy atom. The standard InChI is InChI=1S/C63H64N2O/c1-41-13-25-49(26-14-41)64(50-27-15-42(2)16-28-50)53-33-21-45(22-34-53)55-37-47(61(5,6)7)39-57-59(55)66-60-56(38-48(62(8,9)10)40-58(60)63(57,11)12)46-23-35-54(36-24-46)65(51-29-17-43(3)18-30-51)52-31-19-44(4)20-32-52/h13-40H,1-12H3. The smallest absolute Gasteiger partial charge is 0.139 e. The monoisotopic (exact) mass is 865 g/mol. The summed E-state index contributed by atoms with van der Waals surface area (Å²) in [6, 6.07) is 62.8. The summed E-state index contributed by atoms with van der Waals surface area (Å²) in [7, 11) is 0. The fourth-order valence-electron chi connectivity index (χ4n) is 9.20. The molecule has 0 bridgehead atoms. The normalized spacial score (nSPS) is 13.1. The van der Waals surface area contributed by atoms with E-state index in [4.69, 9.17) is 4.74 Å². The van der Waals surface area contributed by atoms with Gasteiger partial charge in [-0.2, -0.15) is 0 Å². The van der Waals surface area contributed by atoms with Gasteiger partial charge in [-0.25, -0.2) is 0 Å². The maximum Gasteiger partial charge on any atom is 0.139 e. The van der Waals surface area contributed by atoms with E-state index in [-0.39, 0.29) is 16.2 Å². The van der Waals surface area contributed by atoms with E-state index in [1.165, 1.54) is 44.5 Å². The van der Waals surface area contributed by atoms with Gasteiger partial charge in [0.25, 0.3) is 0 Å². The fourth-order valence-corrected chi connectivity index (χ4v) is 9.20. The zero-order valence-electron chi connectivity index (χ0n) is 41.0. The van der Waals surface area contributed by atoms with Crippen molar-refractivity contribution >= 4 is 34.1 Å². The molecule has 66 heavy (non-hydrogen) atoms. The molecule has 1 heterocycles. The van der Waals surface area contributed by atoms with Gasteiger partial charge in [-0.05, 0) is 146 Å². The van der Waals surface area contributed by atoms with Crippen LogP contribution in [0.4, 0.5) is 34.1 Å². The van der Waals surface area contributed by atoms with E-state index in [0.717, 1.165) is 67.9 Å². The lowest BCUT2D eigenvalue weighted by molar-refractivity contribution is 0.418. The molecule has 0 saturated carbocycles. The summed E-state index contributed by atoms with van der Waals surface area (Å²) in [5, 5.41) is 0. The Bertz CT molecular complexity index is 2720. The van der Waals surface area contributed by atoms with E-state index < -0.39 is 0 Å². The van der Waals surface area contributed by atoms with Gasteiger partial charge in [0.2, 0.25) is 0 Å². The predicted molar refractivity (Wildman–Crippen MR) is 282 cm³/mol. The summed E-state index contributed by atoms with van der Waals surface area (Å²) in [6.07, 6.45) is 0. The van der Waals surface area contributed by atoms with Crippen molar-refractivity contribution in [3.05, 3.63) is 214 Å². The number of aryl methyl sites for hydroxylation is 4. The molecule has 3 heteroatoms. The fraction of sp³-hybridized carbons (Fsp3) is 0.238. The summed E-state index contributed by atoms with van der Waals surface area (Å²) in [6.45, 7) is 27.2. The van der Waals surface area contributed by atoms with Crippen LogP contribution in [0.15, 0.2) is 170 Å². The number of nitrogens with zero attached hydrogens (tertiary/aromatic N) is 2. The van der Waals surface area contributed by atoms with Crippen molar-refractivity contribution in [1.29, 1.82) is 0 Å². The van der Waals surface area contributed by atoms with Gasteiger partial charge in [0.1, 0.15) is 11.5 Å². The minimum Gasteiger partial charge on any atom is -0.455 e. The van der Waals surface area contributed by atoms with Crippen LogP contribution >= 0.6 is 0 Å². The van der Waals surface area contributed by atoms with E-state index in [0.29, 0.717) is 0 Å². The molecule has 0 N–H and O–H groups in total. The minimum absolute atomic E-state index is 0.0844. The van der Waals surface area contributed by atoms with Gasteiger partial charge in [-0.1, -0.05) is 163 Å². The second kappa shape index (κ2) is 16.9. The van der Waals surface area contributed by atoms with Gasteiger partial charge in [-0.3, -0.25) is 0 Å². The van der Waals surface area contributed by atoms with E-state index in [1.807, 2.05) is 0 Å².